The zero-order valence-electron chi connectivity index (χ0n) is 7.22. The van der Waals surface area contributed by atoms with E-state index in [2.05, 4.69) is 20.9 Å². The maximum absolute atomic E-state index is 10.9. The average molecular weight is 251 g/mol. The lowest BCUT2D eigenvalue weighted by Crippen LogP contribution is -2.02. The Bertz CT molecular complexity index is 470. The minimum Gasteiger partial charge on any atom is -0.308 e. The molecule has 2 heterocycles. The minimum atomic E-state index is -0.00152. The highest BCUT2D eigenvalue weighted by Gasteiger charge is 1.94. The maximum Gasteiger partial charge on any atom is 0.181 e. The molecule has 0 bridgehead atoms. The molecule has 0 amide bonds. The van der Waals surface area contributed by atoms with Gasteiger partial charge < -0.3 is 4.57 Å². The molecule has 14 heavy (non-hydrogen) atoms. The van der Waals surface area contributed by atoms with Crippen molar-refractivity contribution in [2.45, 2.75) is 0 Å². The molecule has 2 rings (SSSR count). The maximum atomic E-state index is 10.9. The fourth-order valence-electron chi connectivity index (χ4n) is 1.09. The number of hydrogen-bond acceptors (Lipinski definition) is 2. The van der Waals surface area contributed by atoms with Gasteiger partial charge in [-0.05, 0) is 28.1 Å². The molecule has 4 heteroatoms. The van der Waals surface area contributed by atoms with Gasteiger partial charge in [0.15, 0.2) is 5.43 Å². The lowest BCUT2D eigenvalue weighted by Gasteiger charge is -2.03. The van der Waals surface area contributed by atoms with Crippen LogP contribution in [0.15, 0.2) is 52.1 Å². The monoisotopic (exact) mass is 250 g/mol. The fourth-order valence-corrected chi connectivity index (χ4v) is 1.32. The lowest BCUT2D eigenvalue weighted by atomic mass is 10.4. The Balaban J connectivity index is 2.44. The Labute approximate surface area is 89.2 Å². The minimum absolute atomic E-state index is 0.00152. The Morgan fingerprint density at radius 1 is 1.14 bits per heavy atom. The summed E-state index contributed by atoms with van der Waals surface area (Å²) in [7, 11) is 0. The number of hydrogen-bond donors (Lipinski definition) is 0. The highest BCUT2D eigenvalue weighted by atomic mass is 79.9. The number of rotatable bonds is 1. The normalized spacial score (nSPS) is 10.1. The van der Waals surface area contributed by atoms with Gasteiger partial charge in [-0.1, -0.05) is 0 Å². The van der Waals surface area contributed by atoms with Crippen LogP contribution in [0.25, 0.3) is 5.82 Å². The molecule has 0 N–H and O–H groups in total. The van der Waals surface area contributed by atoms with Crippen LogP contribution in [0.2, 0.25) is 0 Å². The summed E-state index contributed by atoms with van der Waals surface area (Å²) in [6.07, 6.45) is 5.10. The van der Waals surface area contributed by atoms with Crippen LogP contribution in [0.3, 0.4) is 0 Å². The molecule has 0 spiro atoms. The molecular weight excluding hydrogens is 244 g/mol. The van der Waals surface area contributed by atoms with Crippen molar-refractivity contribution in [2.75, 3.05) is 0 Å². The first-order valence-electron chi connectivity index (χ1n) is 4.06. The van der Waals surface area contributed by atoms with Gasteiger partial charge in [-0.25, -0.2) is 4.98 Å². The Kier molecular flexibility index (Phi) is 2.45. The third-order valence-electron chi connectivity index (χ3n) is 1.78. The van der Waals surface area contributed by atoms with Gasteiger partial charge in [0.1, 0.15) is 5.82 Å². The highest BCUT2D eigenvalue weighted by molar-refractivity contribution is 9.10. The summed E-state index contributed by atoms with van der Waals surface area (Å²) in [5, 5.41) is 0. The van der Waals surface area contributed by atoms with Crippen LogP contribution in [0, 0.1) is 0 Å². The molecule has 0 radical (unpaired) electrons. The summed E-state index contributed by atoms with van der Waals surface area (Å²) >= 11 is 3.31. The number of halogens is 1. The number of nitrogens with zero attached hydrogens (tertiary/aromatic N) is 2. The molecular formula is C10H7BrN2O. The molecule has 0 aliphatic heterocycles. The zero-order valence-corrected chi connectivity index (χ0v) is 8.81. The van der Waals surface area contributed by atoms with Gasteiger partial charge >= 0.3 is 0 Å². The largest absolute Gasteiger partial charge is 0.308 e. The molecule has 0 saturated heterocycles. The van der Waals surface area contributed by atoms with Crippen LogP contribution in [-0.4, -0.2) is 9.55 Å². The average Bonchev–Trinajstić information content (AvgIpc) is 2.21. The third-order valence-corrected chi connectivity index (χ3v) is 2.24. The Morgan fingerprint density at radius 3 is 2.43 bits per heavy atom. The van der Waals surface area contributed by atoms with Crippen LogP contribution >= 0.6 is 15.9 Å². The van der Waals surface area contributed by atoms with Crippen molar-refractivity contribution >= 4 is 15.9 Å². The fraction of sp³-hybridized carbons (Fsp3) is 0. The quantitative estimate of drug-likeness (QED) is 0.776. The molecule has 70 valence electrons. The topological polar surface area (TPSA) is 34.9 Å². The van der Waals surface area contributed by atoms with Crippen LogP contribution in [0.4, 0.5) is 0 Å². The second-order valence-electron chi connectivity index (χ2n) is 2.78. The van der Waals surface area contributed by atoms with E-state index >= 15 is 0 Å². The van der Waals surface area contributed by atoms with Gasteiger partial charge in [-0.15, -0.1) is 0 Å². The Morgan fingerprint density at radius 2 is 1.86 bits per heavy atom. The summed E-state index contributed by atoms with van der Waals surface area (Å²) in [5.41, 5.74) is -0.00152. The van der Waals surface area contributed by atoms with Gasteiger partial charge in [0, 0.05) is 35.2 Å². The summed E-state index contributed by atoms with van der Waals surface area (Å²) in [6, 6.07) is 6.78. The number of pyridine rings is 2. The van der Waals surface area contributed by atoms with Crippen molar-refractivity contribution in [1.29, 1.82) is 0 Å². The van der Waals surface area contributed by atoms with Crippen LogP contribution in [-0.2, 0) is 0 Å². The number of aromatic nitrogens is 2. The summed E-state index contributed by atoms with van der Waals surface area (Å²) in [4.78, 5) is 15.1. The SMILES string of the molecule is O=c1ccn(-c2ccc(Br)cn2)cc1. The van der Waals surface area contributed by atoms with Crippen molar-refractivity contribution in [3.63, 3.8) is 0 Å². The van der Waals surface area contributed by atoms with Gasteiger partial charge in [-0.3, -0.25) is 4.79 Å². The van der Waals surface area contributed by atoms with Crippen molar-refractivity contribution < 1.29 is 0 Å². The van der Waals surface area contributed by atoms with Gasteiger partial charge in [0.2, 0.25) is 0 Å². The zero-order chi connectivity index (χ0) is 9.97. The molecule has 0 fully saturated rings. The molecule has 0 aliphatic rings. The van der Waals surface area contributed by atoms with Crippen LogP contribution in [0.1, 0.15) is 0 Å². The molecule has 0 atom stereocenters. The Hall–Kier alpha value is -1.42. The van der Waals surface area contributed by atoms with E-state index in [1.807, 2.05) is 12.1 Å². The molecule has 0 aliphatic carbocycles. The first-order chi connectivity index (χ1) is 6.75. The van der Waals surface area contributed by atoms with Crippen molar-refractivity contribution in [3.8, 4) is 5.82 Å². The summed E-state index contributed by atoms with van der Waals surface area (Å²) in [6.45, 7) is 0. The van der Waals surface area contributed by atoms with E-state index in [9.17, 15) is 4.79 Å². The van der Waals surface area contributed by atoms with E-state index < -0.39 is 0 Å². The molecule has 0 saturated carbocycles. The van der Waals surface area contributed by atoms with E-state index in [4.69, 9.17) is 0 Å². The molecule has 2 aromatic rings. The predicted octanol–water partition coefficient (Wildman–Crippen LogP) is 1.99. The molecule has 2 aromatic heterocycles. The van der Waals surface area contributed by atoms with E-state index in [1.165, 1.54) is 12.1 Å². The van der Waals surface area contributed by atoms with E-state index in [0.717, 1.165) is 10.3 Å². The van der Waals surface area contributed by atoms with Crippen molar-refractivity contribution in [3.05, 3.63) is 57.6 Å². The first-order valence-corrected chi connectivity index (χ1v) is 4.85. The smallest absolute Gasteiger partial charge is 0.181 e. The molecule has 3 nitrogen and oxygen atoms in total. The van der Waals surface area contributed by atoms with Crippen LogP contribution in [0.5, 0.6) is 0 Å². The highest BCUT2D eigenvalue weighted by Crippen LogP contribution is 2.09. The van der Waals surface area contributed by atoms with Gasteiger partial charge in [-0.2, -0.15) is 0 Å². The van der Waals surface area contributed by atoms with Crippen molar-refractivity contribution in [1.82, 2.24) is 9.55 Å². The second kappa shape index (κ2) is 3.75. The molecule has 0 unspecified atom stereocenters. The second-order valence-corrected chi connectivity index (χ2v) is 3.69. The van der Waals surface area contributed by atoms with Crippen LogP contribution < -0.4 is 5.43 Å². The standard InChI is InChI=1S/C10H7BrN2O/c11-8-1-2-10(12-7-8)13-5-3-9(14)4-6-13/h1-7H. The van der Waals surface area contributed by atoms with E-state index in [0.29, 0.717) is 0 Å². The first kappa shape index (κ1) is 9.15. The molecule has 0 aromatic carbocycles. The third kappa shape index (κ3) is 1.90. The predicted molar refractivity (Wildman–Crippen MR) is 57.5 cm³/mol. The van der Waals surface area contributed by atoms with Crippen molar-refractivity contribution in [2.24, 2.45) is 0 Å². The lowest BCUT2D eigenvalue weighted by molar-refractivity contribution is 0.978. The van der Waals surface area contributed by atoms with Gasteiger partial charge in [0.25, 0.3) is 0 Å². The van der Waals surface area contributed by atoms with E-state index in [-0.39, 0.29) is 5.43 Å². The summed E-state index contributed by atoms with van der Waals surface area (Å²) in [5.74, 6) is 0.785. The van der Waals surface area contributed by atoms with Gasteiger partial charge in [0.05, 0.1) is 0 Å². The summed E-state index contributed by atoms with van der Waals surface area (Å²) < 4.78 is 2.72. The van der Waals surface area contributed by atoms with E-state index in [1.54, 1.807) is 23.2 Å².